The Morgan fingerprint density at radius 3 is 2.55 bits per heavy atom. The van der Waals surface area contributed by atoms with Crippen LogP contribution >= 0.6 is 0 Å². The predicted molar refractivity (Wildman–Crippen MR) is 67.4 cm³/mol. The number of halogens is 1. The number of rotatable bonds is 4. The number of hydrogen-bond donors (Lipinski definition) is 2. The Balaban J connectivity index is 3.40. The van der Waals surface area contributed by atoms with Gasteiger partial charge in [-0.15, -0.1) is 0 Å². The van der Waals surface area contributed by atoms with Gasteiger partial charge < -0.3 is 15.6 Å². The highest BCUT2D eigenvalue weighted by Gasteiger charge is 2.39. The Kier molecular flexibility index (Phi) is 4.29. The lowest BCUT2D eigenvalue weighted by atomic mass is 9.80. The molecule has 1 aromatic rings. The van der Waals surface area contributed by atoms with Crippen molar-refractivity contribution in [3.8, 4) is 5.75 Å². The molecule has 0 aromatic heterocycles. The third-order valence-electron chi connectivity index (χ3n) is 3.10. The second kappa shape index (κ2) is 5.41. The first kappa shape index (κ1) is 15.8. The van der Waals surface area contributed by atoms with Gasteiger partial charge in [-0.05, 0) is 19.9 Å². The van der Waals surface area contributed by atoms with Crippen LogP contribution in [0.5, 0.6) is 5.75 Å². The highest BCUT2D eigenvalue weighted by molar-refractivity contribution is 5.77. The SMILES string of the molecule is COC(=O)C(C)(C)[C@H](N)c1cc(F)cc([N+](=O)[O-])c1O. The molecule has 8 heteroatoms. The summed E-state index contributed by atoms with van der Waals surface area (Å²) in [6.45, 7) is 2.86. The van der Waals surface area contributed by atoms with Crippen molar-refractivity contribution in [1.29, 1.82) is 0 Å². The standard InChI is InChI=1S/C12H15FN2O5/c1-12(2,11(17)20-3)10(14)7-4-6(13)5-8(9(7)16)15(18)19/h4-5,10,16H,14H2,1-3H3/t10-/m1/s1. The van der Waals surface area contributed by atoms with Gasteiger partial charge in [0.25, 0.3) is 0 Å². The Morgan fingerprint density at radius 2 is 2.10 bits per heavy atom. The van der Waals surface area contributed by atoms with Crippen LogP contribution in [0.4, 0.5) is 10.1 Å². The third-order valence-corrected chi connectivity index (χ3v) is 3.10. The molecule has 0 aliphatic heterocycles. The summed E-state index contributed by atoms with van der Waals surface area (Å²) < 4.78 is 18.0. The van der Waals surface area contributed by atoms with E-state index in [1.165, 1.54) is 13.8 Å². The number of nitro groups is 1. The van der Waals surface area contributed by atoms with E-state index in [0.29, 0.717) is 6.07 Å². The van der Waals surface area contributed by atoms with E-state index in [1.807, 2.05) is 0 Å². The minimum atomic E-state index is -1.30. The summed E-state index contributed by atoms with van der Waals surface area (Å²) in [5, 5.41) is 20.6. The number of carbonyl (C=O) groups excluding carboxylic acids is 1. The number of phenols is 1. The van der Waals surface area contributed by atoms with Gasteiger partial charge in [-0.3, -0.25) is 14.9 Å². The van der Waals surface area contributed by atoms with Crippen LogP contribution in [0.1, 0.15) is 25.5 Å². The summed E-state index contributed by atoms with van der Waals surface area (Å²) in [4.78, 5) is 21.5. The number of hydrogen-bond acceptors (Lipinski definition) is 6. The Labute approximate surface area is 114 Å². The fraction of sp³-hybridized carbons (Fsp3) is 0.417. The number of carbonyl (C=O) groups is 1. The second-order valence-corrected chi connectivity index (χ2v) is 4.81. The van der Waals surface area contributed by atoms with E-state index in [2.05, 4.69) is 4.74 Å². The molecule has 0 saturated heterocycles. The smallest absolute Gasteiger partial charge is 0.313 e. The first-order chi connectivity index (χ1) is 9.12. The number of nitrogens with two attached hydrogens (primary N) is 1. The number of nitrogens with zero attached hydrogens (tertiary/aromatic N) is 1. The molecule has 0 heterocycles. The molecule has 0 unspecified atom stereocenters. The molecular weight excluding hydrogens is 271 g/mol. The van der Waals surface area contributed by atoms with E-state index in [-0.39, 0.29) is 5.56 Å². The fourth-order valence-corrected chi connectivity index (χ4v) is 1.76. The molecule has 0 spiro atoms. The first-order valence-electron chi connectivity index (χ1n) is 5.63. The maximum absolute atomic E-state index is 13.4. The van der Waals surface area contributed by atoms with Crippen molar-refractivity contribution in [3.05, 3.63) is 33.6 Å². The lowest BCUT2D eigenvalue weighted by Gasteiger charge is -2.29. The summed E-state index contributed by atoms with van der Waals surface area (Å²) in [6, 6.07) is 0.262. The minimum Gasteiger partial charge on any atom is -0.502 e. The molecule has 0 aliphatic rings. The van der Waals surface area contributed by atoms with Crippen molar-refractivity contribution in [2.75, 3.05) is 7.11 Å². The Hall–Kier alpha value is -2.22. The highest BCUT2D eigenvalue weighted by atomic mass is 19.1. The van der Waals surface area contributed by atoms with Crippen LogP contribution in [0.15, 0.2) is 12.1 Å². The zero-order valence-electron chi connectivity index (χ0n) is 11.2. The van der Waals surface area contributed by atoms with Crippen LogP contribution in [-0.2, 0) is 9.53 Å². The molecule has 20 heavy (non-hydrogen) atoms. The van der Waals surface area contributed by atoms with Gasteiger partial charge in [0.05, 0.1) is 23.5 Å². The van der Waals surface area contributed by atoms with E-state index in [1.54, 1.807) is 0 Å². The van der Waals surface area contributed by atoms with E-state index >= 15 is 0 Å². The molecule has 0 radical (unpaired) electrons. The third kappa shape index (κ3) is 2.69. The highest BCUT2D eigenvalue weighted by Crippen LogP contribution is 2.40. The van der Waals surface area contributed by atoms with Crippen molar-refractivity contribution in [3.63, 3.8) is 0 Å². The number of methoxy groups -OCH3 is 1. The summed E-state index contributed by atoms with van der Waals surface area (Å²) in [7, 11) is 1.16. The van der Waals surface area contributed by atoms with E-state index in [4.69, 9.17) is 5.73 Å². The molecule has 0 amide bonds. The van der Waals surface area contributed by atoms with Gasteiger partial charge in [-0.2, -0.15) is 0 Å². The molecule has 1 aromatic carbocycles. The first-order valence-corrected chi connectivity index (χ1v) is 5.63. The van der Waals surface area contributed by atoms with Gasteiger partial charge in [0.15, 0.2) is 5.75 Å². The normalized spacial score (nSPS) is 12.8. The summed E-state index contributed by atoms with van der Waals surface area (Å²) in [5.74, 6) is -2.38. The number of phenolic OH excluding ortho intramolecular Hbond substituents is 1. The quantitative estimate of drug-likeness (QED) is 0.494. The van der Waals surface area contributed by atoms with Crippen molar-refractivity contribution in [2.24, 2.45) is 11.1 Å². The average Bonchev–Trinajstić information content (AvgIpc) is 2.38. The van der Waals surface area contributed by atoms with Crippen LogP contribution in [0.25, 0.3) is 0 Å². The molecule has 110 valence electrons. The molecule has 7 nitrogen and oxygen atoms in total. The topological polar surface area (TPSA) is 116 Å². The van der Waals surface area contributed by atoms with Gasteiger partial charge in [0.1, 0.15) is 5.82 Å². The fourth-order valence-electron chi connectivity index (χ4n) is 1.76. The zero-order valence-corrected chi connectivity index (χ0v) is 11.2. The minimum absolute atomic E-state index is 0.230. The molecular formula is C12H15FN2O5. The number of aromatic hydroxyl groups is 1. The van der Waals surface area contributed by atoms with E-state index < -0.39 is 39.6 Å². The lowest BCUT2D eigenvalue weighted by Crippen LogP contribution is -2.37. The van der Waals surface area contributed by atoms with Gasteiger partial charge in [-0.25, -0.2) is 4.39 Å². The number of benzene rings is 1. The van der Waals surface area contributed by atoms with Crippen LogP contribution < -0.4 is 5.73 Å². The monoisotopic (exact) mass is 286 g/mol. The van der Waals surface area contributed by atoms with Gasteiger partial charge in [0.2, 0.25) is 0 Å². The summed E-state index contributed by atoms with van der Waals surface area (Å²) in [5.41, 5.74) is 3.50. The molecule has 0 saturated carbocycles. The number of esters is 1. The van der Waals surface area contributed by atoms with E-state index in [0.717, 1.165) is 13.2 Å². The lowest BCUT2D eigenvalue weighted by molar-refractivity contribution is -0.386. The van der Waals surface area contributed by atoms with Gasteiger partial charge in [0, 0.05) is 11.6 Å². The maximum atomic E-state index is 13.4. The molecule has 1 atom stereocenters. The summed E-state index contributed by atoms with van der Waals surface area (Å²) >= 11 is 0. The molecule has 0 fully saturated rings. The van der Waals surface area contributed by atoms with Gasteiger partial charge in [-0.1, -0.05) is 0 Å². The molecule has 0 aliphatic carbocycles. The molecule has 0 bridgehead atoms. The Morgan fingerprint density at radius 1 is 1.55 bits per heavy atom. The predicted octanol–water partition coefficient (Wildman–Crippen LogP) is 1.64. The summed E-state index contributed by atoms with van der Waals surface area (Å²) in [6.07, 6.45) is 0. The van der Waals surface area contributed by atoms with Crippen molar-refractivity contribution in [1.82, 2.24) is 0 Å². The van der Waals surface area contributed by atoms with Crippen LogP contribution in [0, 0.1) is 21.3 Å². The molecule has 3 N–H and O–H groups in total. The van der Waals surface area contributed by atoms with Crippen LogP contribution in [0.3, 0.4) is 0 Å². The molecule has 1 rings (SSSR count). The Bertz CT molecular complexity index is 559. The maximum Gasteiger partial charge on any atom is 0.313 e. The number of nitro benzene ring substituents is 1. The zero-order chi connectivity index (χ0) is 15.7. The largest absolute Gasteiger partial charge is 0.502 e. The average molecular weight is 286 g/mol. The van der Waals surface area contributed by atoms with Crippen molar-refractivity contribution < 1.29 is 24.0 Å². The van der Waals surface area contributed by atoms with Crippen molar-refractivity contribution >= 4 is 11.7 Å². The van der Waals surface area contributed by atoms with E-state index in [9.17, 15) is 24.4 Å². The van der Waals surface area contributed by atoms with Crippen molar-refractivity contribution in [2.45, 2.75) is 19.9 Å². The second-order valence-electron chi connectivity index (χ2n) is 4.81. The van der Waals surface area contributed by atoms with Crippen LogP contribution in [0.2, 0.25) is 0 Å². The number of ether oxygens (including phenoxy) is 1. The van der Waals surface area contributed by atoms with Crippen LogP contribution in [-0.4, -0.2) is 23.1 Å². The van der Waals surface area contributed by atoms with Gasteiger partial charge >= 0.3 is 11.7 Å².